The van der Waals surface area contributed by atoms with Gasteiger partial charge in [0.2, 0.25) is 11.9 Å². The Morgan fingerprint density at radius 3 is 2.60 bits per heavy atom. The van der Waals surface area contributed by atoms with Crippen molar-refractivity contribution < 1.29 is 13.9 Å². The molecule has 11 nitrogen and oxygen atoms in total. The Morgan fingerprint density at radius 1 is 1.12 bits per heavy atom. The van der Waals surface area contributed by atoms with Crippen molar-refractivity contribution in [3.8, 4) is 18.1 Å². The molecule has 1 unspecified atom stereocenters. The van der Waals surface area contributed by atoms with Crippen LogP contribution in [-0.4, -0.2) is 85.5 Å². The predicted octanol–water partition coefficient (Wildman–Crippen LogP) is 2.79. The number of aryl methyl sites for hydroxylation is 1. The summed E-state index contributed by atoms with van der Waals surface area (Å²) in [5, 5.41) is 19.6. The summed E-state index contributed by atoms with van der Waals surface area (Å²) < 4.78 is 26.4. The normalized spacial score (nSPS) is 24.0. The third-order valence-electron chi connectivity index (χ3n) is 9.32. The van der Waals surface area contributed by atoms with Crippen molar-refractivity contribution in [2.24, 2.45) is 11.3 Å². The quantitative estimate of drug-likeness (QED) is 0.485. The zero-order valence-electron chi connectivity index (χ0n) is 23.5. The second-order valence-corrected chi connectivity index (χ2v) is 13.5. The van der Waals surface area contributed by atoms with Crippen LogP contribution in [0.5, 0.6) is 6.01 Å². The molecule has 1 atom stereocenters. The van der Waals surface area contributed by atoms with Gasteiger partial charge in [0.25, 0.3) is 0 Å². The molecular weight excluding hydrogens is 557 g/mol. The maximum absolute atomic E-state index is 14.6. The molecule has 0 bridgehead atoms. The molecule has 2 aromatic heterocycles. The standard InChI is InChI=1S/C29H34FN9O2S/c30-20-11-19(2-6-31)13-38(14-20)25-34-26(39-16-29(17-39)3-1-22-23(29)21(12-32)24(33)42-22)36-27(35-25)41-18-28(4-5-28)15-37-7-9-40-10-8-37/h11,19H,1-5,7-10,13-18,33H2. The number of nitrogens with zero attached hydrogens (tertiary/aromatic N) is 8. The molecule has 2 saturated heterocycles. The van der Waals surface area contributed by atoms with Gasteiger partial charge < -0.3 is 25.0 Å². The Hall–Kier alpha value is -3.52. The van der Waals surface area contributed by atoms with E-state index in [1.165, 1.54) is 22.3 Å². The summed E-state index contributed by atoms with van der Waals surface area (Å²) in [6, 6.07) is 4.71. The third kappa shape index (κ3) is 5.04. The Bertz CT molecular complexity index is 1480. The van der Waals surface area contributed by atoms with E-state index in [1.54, 1.807) is 4.90 Å². The Labute approximate surface area is 248 Å². The second kappa shape index (κ2) is 10.6. The van der Waals surface area contributed by atoms with Crippen LogP contribution < -0.4 is 20.3 Å². The SMILES string of the molecule is N#CCC1C=C(F)CN(c2nc(OCC3(CN4CCOCC4)CC3)nc(N3CC4(CCc5sc(N)c(C#N)c54)C3)n2)C1. The molecule has 220 valence electrons. The fourth-order valence-corrected chi connectivity index (χ4v) is 8.05. The first-order chi connectivity index (χ1) is 20.4. The maximum Gasteiger partial charge on any atom is 0.323 e. The molecule has 42 heavy (non-hydrogen) atoms. The van der Waals surface area contributed by atoms with E-state index in [-0.39, 0.29) is 41.6 Å². The molecule has 0 aromatic carbocycles. The number of nitrogens with two attached hydrogens (primary N) is 1. The lowest BCUT2D eigenvalue weighted by molar-refractivity contribution is 0.0231. The minimum atomic E-state index is -0.297. The number of anilines is 3. The number of nitriles is 2. The van der Waals surface area contributed by atoms with E-state index in [4.69, 9.17) is 25.2 Å². The van der Waals surface area contributed by atoms with Gasteiger partial charge in [-0.2, -0.15) is 25.5 Å². The van der Waals surface area contributed by atoms with Crippen molar-refractivity contribution in [2.45, 2.75) is 37.5 Å². The van der Waals surface area contributed by atoms with Gasteiger partial charge >= 0.3 is 6.01 Å². The number of fused-ring (bicyclic) bond motifs is 2. The number of thiophene rings is 1. The van der Waals surface area contributed by atoms with Crippen molar-refractivity contribution in [1.82, 2.24) is 19.9 Å². The van der Waals surface area contributed by atoms with E-state index in [9.17, 15) is 14.9 Å². The van der Waals surface area contributed by atoms with Gasteiger partial charge in [-0.15, -0.1) is 11.3 Å². The number of ether oxygens (including phenoxy) is 2. The summed E-state index contributed by atoms with van der Waals surface area (Å²) in [6.45, 7) is 6.67. The second-order valence-electron chi connectivity index (χ2n) is 12.4. The highest BCUT2D eigenvalue weighted by molar-refractivity contribution is 7.16. The smallest absolute Gasteiger partial charge is 0.323 e. The highest BCUT2D eigenvalue weighted by atomic mass is 32.1. The van der Waals surface area contributed by atoms with Crippen LogP contribution in [0.1, 0.15) is 41.7 Å². The lowest BCUT2D eigenvalue weighted by atomic mass is 9.74. The van der Waals surface area contributed by atoms with Gasteiger partial charge in [-0.25, -0.2) is 4.39 Å². The van der Waals surface area contributed by atoms with Crippen molar-refractivity contribution in [3.63, 3.8) is 0 Å². The molecule has 2 aliphatic carbocycles. The molecular formula is C29H34FN9O2S. The van der Waals surface area contributed by atoms with E-state index in [0.29, 0.717) is 48.7 Å². The largest absolute Gasteiger partial charge is 0.463 e. The first-order valence-corrected chi connectivity index (χ1v) is 15.4. The van der Waals surface area contributed by atoms with Crippen molar-refractivity contribution >= 4 is 28.2 Å². The van der Waals surface area contributed by atoms with Gasteiger partial charge in [0, 0.05) is 67.3 Å². The Morgan fingerprint density at radius 2 is 1.88 bits per heavy atom. The van der Waals surface area contributed by atoms with Crippen LogP contribution >= 0.6 is 11.3 Å². The molecule has 3 fully saturated rings. The minimum Gasteiger partial charge on any atom is -0.463 e. The van der Waals surface area contributed by atoms with Crippen LogP contribution in [0, 0.1) is 34.0 Å². The molecule has 2 N–H and O–H groups in total. The Kier molecular flexibility index (Phi) is 6.92. The van der Waals surface area contributed by atoms with Gasteiger partial charge in [-0.3, -0.25) is 4.90 Å². The number of morpholine rings is 1. The molecule has 1 spiro atoms. The number of hydrogen-bond donors (Lipinski definition) is 1. The van der Waals surface area contributed by atoms with Crippen LogP contribution in [-0.2, 0) is 16.6 Å². The number of hydrogen-bond acceptors (Lipinski definition) is 12. The topological polar surface area (TPSA) is 140 Å². The summed E-state index contributed by atoms with van der Waals surface area (Å²) in [6.07, 6.45) is 5.81. The summed E-state index contributed by atoms with van der Waals surface area (Å²) in [5.41, 5.74) is 7.81. The lowest BCUT2D eigenvalue weighted by Gasteiger charge is -2.48. The average molecular weight is 592 g/mol. The summed E-state index contributed by atoms with van der Waals surface area (Å²) in [5.74, 6) is 0.299. The minimum absolute atomic E-state index is 0.0405. The molecule has 0 radical (unpaired) electrons. The van der Waals surface area contributed by atoms with Crippen molar-refractivity contribution in [3.05, 3.63) is 27.9 Å². The van der Waals surface area contributed by atoms with Crippen LogP contribution in [0.4, 0.5) is 21.3 Å². The average Bonchev–Trinajstić information content (AvgIpc) is 3.51. The third-order valence-corrected chi connectivity index (χ3v) is 10.4. The van der Waals surface area contributed by atoms with Crippen LogP contribution in [0.25, 0.3) is 0 Å². The van der Waals surface area contributed by atoms with E-state index in [1.807, 2.05) is 0 Å². The van der Waals surface area contributed by atoms with Gasteiger partial charge in [-0.05, 0) is 37.3 Å². The molecule has 2 aromatic rings. The molecule has 1 saturated carbocycles. The van der Waals surface area contributed by atoms with Crippen LogP contribution in [0.3, 0.4) is 0 Å². The number of aromatic nitrogens is 3. The molecule has 7 rings (SSSR count). The zero-order valence-corrected chi connectivity index (χ0v) is 24.3. The van der Waals surface area contributed by atoms with Gasteiger partial charge in [0.15, 0.2) is 0 Å². The van der Waals surface area contributed by atoms with E-state index < -0.39 is 0 Å². The highest BCUT2D eigenvalue weighted by Gasteiger charge is 2.52. The van der Waals surface area contributed by atoms with Crippen LogP contribution in [0.15, 0.2) is 11.9 Å². The first-order valence-electron chi connectivity index (χ1n) is 14.6. The van der Waals surface area contributed by atoms with E-state index in [2.05, 4.69) is 26.9 Å². The van der Waals surface area contributed by atoms with Crippen molar-refractivity contribution in [2.75, 3.05) is 81.2 Å². The van der Waals surface area contributed by atoms with Gasteiger partial charge in [-0.1, -0.05) is 0 Å². The van der Waals surface area contributed by atoms with Crippen molar-refractivity contribution in [1.29, 1.82) is 10.5 Å². The van der Waals surface area contributed by atoms with Gasteiger partial charge in [0.1, 0.15) is 16.9 Å². The predicted molar refractivity (Wildman–Crippen MR) is 155 cm³/mol. The molecule has 5 aliphatic rings. The molecule has 5 heterocycles. The number of halogens is 1. The lowest BCUT2D eigenvalue weighted by Crippen LogP contribution is -2.59. The fraction of sp³-hybridized carbons (Fsp3) is 0.621. The summed E-state index contributed by atoms with van der Waals surface area (Å²) in [7, 11) is 0. The van der Waals surface area contributed by atoms with E-state index in [0.717, 1.165) is 64.1 Å². The maximum atomic E-state index is 14.6. The monoisotopic (exact) mass is 591 g/mol. The first kappa shape index (κ1) is 27.3. The summed E-state index contributed by atoms with van der Waals surface area (Å²) in [4.78, 5) is 21.7. The molecule has 0 amide bonds. The fourth-order valence-electron chi connectivity index (χ4n) is 6.91. The molecule has 3 aliphatic heterocycles. The van der Waals surface area contributed by atoms with Gasteiger partial charge in [0.05, 0.1) is 38.0 Å². The Balaban J connectivity index is 1.13. The van der Waals surface area contributed by atoms with E-state index >= 15 is 0 Å². The number of rotatable bonds is 8. The molecule has 13 heteroatoms. The zero-order chi connectivity index (χ0) is 28.9. The highest BCUT2D eigenvalue weighted by Crippen LogP contribution is 2.52. The summed E-state index contributed by atoms with van der Waals surface area (Å²) >= 11 is 1.53. The van der Waals surface area contributed by atoms with Crippen LogP contribution in [0.2, 0.25) is 0 Å². The number of nitrogen functional groups attached to an aromatic ring is 1.